The molecule has 0 N–H and O–H groups in total. The number of hydrogen-bond acceptors (Lipinski definition) is 4. The highest BCUT2D eigenvalue weighted by Gasteiger charge is 2.59. The summed E-state index contributed by atoms with van der Waals surface area (Å²) >= 11 is 3.34. The normalized spacial score (nSPS) is 30.6. The van der Waals surface area contributed by atoms with Crippen molar-refractivity contribution in [3.8, 4) is 0 Å². The maximum absolute atomic E-state index is 12.5. The van der Waals surface area contributed by atoms with Crippen molar-refractivity contribution in [2.45, 2.75) is 32.3 Å². The highest BCUT2D eigenvalue weighted by atomic mass is 79.9. The molecule has 0 spiro atoms. The number of anilines is 1. The molecule has 3 atom stereocenters. The first-order chi connectivity index (χ1) is 11.9. The number of halogens is 1. The average Bonchev–Trinajstić information content (AvgIpc) is 2.86. The molecule has 1 aromatic carbocycles. The molecule has 0 bridgehead atoms. The monoisotopic (exact) mass is 406 g/mol. The van der Waals surface area contributed by atoms with E-state index in [0.717, 1.165) is 22.2 Å². The largest absolute Gasteiger partial charge is 0.460 e. The number of nitrogens with zero attached hydrogens (tertiary/aromatic N) is 2. The van der Waals surface area contributed by atoms with E-state index in [4.69, 9.17) is 4.74 Å². The minimum atomic E-state index is -0.504. The fraction of sp³-hybridized carbons (Fsp3) is 0.500. The molecule has 3 unspecified atom stereocenters. The van der Waals surface area contributed by atoms with Crippen LogP contribution in [-0.4, -0.2) is 42.0 Å². The van der Waals surface area contributed by atoms with Crippen molar-refractivity contribution in [1.29, 1.82) is 0 Å². The second-order valence-electron chi connectivity index (χ2n) is 7.28. The molecule has 132 valence electrons. The predicted octanol–water partition coefficient (Wildman–Crippen LogP) is 2.95. The molecule has 0 aromatic heterocycles. The second-order valence-corrected chi connectivity index (χ2v) is 8.20. The van der Waals surface area contributed by atoms with Crippen LogP contribution in [0.5, 0.6) is 0 Å². The standard InChI is InChI=1S/C18H19BrN2O4/c1-18-7-6-11(18)8-14(18)25-16(23)10-21-15(22)9-20(17(21)24)13-4-2-12(19)3-5-13/h2-5,11,14H,6-10H2,1H3. The number of ether oxygens (including phenoxy) is 1. The minimum absolute atomic E-state index is 0.0586. The molecule has 3 amide bonds. The molecule has 4 rings (SSSR count). The number of carbonyl (C=O) groups excluding carboxylic acids is 3. The summed E-state index contributed by atoms with van der Waals surface area (Å²) in [7, 11) is 0. The van der Waals surface area contributed by atoms with Crippen LogP contribution in [0.25, 0.3) is 0 Å². The van der Waals surface area contributed by atoms with Crippen LogP contribution in [0.2, 0.25) is 0 Å². The fourth-order valence-corrected chi connectivity index (χ4v) is 4.27. The van der Waals surface area contributed by atoms with Crippen molar-refractivity contribution < 1.29 is 19.1 Å². The summed E-state index contributed by atoms with van der Waals surface area (Å²) < 4.78 is 6.42. The lowest BCUT2D eigenvalue weighted by Crippen LogP contribution is -2.60. The zero-order valence-corrected chi connectivity index (χ0v) is 15.5. The fourth-order valence-electron chi connectivity index (χ4n) is 4.01. The van der Waals surface area contributed by atoms with Crippen molar-refractivity contribution in [2.24, 2.45) is 11.3 Å². The zero-order chi connectivity index (χ0) is 17.8. The number of carbonyl (C=O) groups is 3. The number of hydrogen-bond donors (Lipinski definition) is 0. The molecule has 1 aliphatic heterocycles. The molecule has 1 heterocycles. The summed E-state index contributed by atoms with van der Waals surface area (Å²) in [6.07, 6.45) is 3.11. The van der Waals surface area contributed by atoms with Gasteiger partial charge in [0.25, 0.3) is 5.91 Å². The maximum Gasteiger partial charge on any atom is 0.332 e. The number of fused-ring (bicyclic) bond motifs is 1. The summed E-state index contributed by atoms with van der Waals surface area (Å²) in [6.45, 7) is 1.77. The molecule has 1 saturated heterocycles. The summed E-state index contributed by atoms with van der Waals surface area (Å²) in [4.78, 5) is 39.2. The van der Waals surface area contributed by atoms with E-state index in [2.05, 4.69) is 22.9 Å². The Morgan fingerprint density at radius 1 is 1.32 bits per heavy atom. The van der Waals surface area contributed by atoms with Gasteiger partial charge in [0, 0.05) is 15.6 Å². The Labute approximate surface area is 154 Å². The van der Waals surface area contributed by atoms with Crippen LogP contribution in [0.1, 0.15) is 26.2 Å². The van der Waals surface area contributed by atoms with Crippen LogP contribution in [0.3, 0.4) is 0 Å². The van der Waals surface area contributed by atoms with E-state index < -0.39 is 12.0 Å². The Kier molecular flexibility index (Phi) is 3.86. The van der Waals surface area contributed by atoms with Crippen LogP contribution < -0.4 is 4.90 Å². The average molecular weight is 407 g/mol. The second kappa shape index (κ2) is 5.83. The molecule has 7 heteroatoms. The summed E-state index contributed by atoms with van der Waals surface area (Å²) in [5, 5.41) is 0. The van der Waals surface area contributed by atoms with Crippen LogP contribution in [-0.2, 0) is 14.3 Å². The highest BCUT2D eigenvalue weighted by molar-refractivity contribution is 9.10. The Balaban J connectivity index is 1.39. The van der Waals surface area contributed by atoms with Gasteiger partial charge in [0.05, 0.1) is 0 Å². The topological polar surface area (TPSA) is 66.9 Å². The number of imide groups is 1. The third-order valence-corrected chi connectivity index (χ3v) is 6.48. The van der Waals surface area contributed by atoms with E-state index >= 15 is 0 Å². The molecule has 3 aliphatic rings. The van der Waals surface area contributed by atoms with E-state index in [9.17, 15) is 14.4 Å². The third kappa shape index (κ3) is 2.65. The Morgan fingerprint density at radius 3 is 2.60 bits per heavy atom. The molecular formula is C18H19BrN2O4. The maximum atomic E-state index is 12.5. The molecule has 0 radical (unpaired) electrons. The summed E-state index contributed by atoms with van der Waals surface area (Å²) in [5.74, 6) is -0.226. The van der Waals surface area contributed by atoms with Gasteiger partial charge in [0.15, 0.2) is 0 Å². The van der Waals surface area contributed by atoms with Gasteiger partial charge >= 0.3 is 12.0 Å². The SMILES string of the molecule is CC12CCC1CC2OC(=O)CN1C(=O)CN(c2ccc(Br)cc2)C1=O. The molecular weight excluding hydrogens is 388 g/mol. The van der Waals surface area contributed by atoms with E-state index in [-0.39, 0.29) is 30.5 Å². The Hall–Kier alpha value is -1.89. The zero-order valence-electron chi connectivity index (χ0n) is 13.9. The number of esters is 1. The van der Waals surface area contributed by atoms with Crippen molar-refractivity contribution in [1.82, 2.24) is 4.90 Å². The molecule has 1 aromatic rings. The molecule has 3 fully saturated rings. The number of urea groups is 1. The lowest BCUT2D eigenvalue weighted by Gasteiger charge is -2.61. The first-order valence-corrected chi connectivity index (χ1v) is 9.25. The van der Waals surface area contributed by atoms with Gasteiger partial charge in [-0.25, -0.2) is 4.79 Å². The molecule has 2 aliphatic carbocycles. The number of amides is 3. The quantitative estimate of drug-likeness (QED) is 0.569. The van der Waals surface area contributed by atoms with E-state index in [1.807, 2.05) is 0 Å². The van der Waals surface area contributed by atoms with Gasteiger partial charge in [-0.3, -0.25) is 19.4 Å². The first kappa shape index (κ1) is 16.6. The first-order valence-electron chi connectivity index (χ1n) is 8.45. The van der Waals surface area contributed by atoms with Crippen LogP contribution in [0.4, 0.5) is 10.5 Å². The minimum Gasteiger partial charge on any atom is -0.460 e. The lowest BCUT2D eigenvalue weighted by molar-refractivity contribution is -0.208. The molecule has 6 nitrogen and oxygen atoms in total. The third-order valence-electron chi connectivity index (χ3n) is 5.95. The van der Waals surface area contributed by atoms with Gasteiger partial charge in [-0.05, 0) is 49.4 Å². The number of benzene rings is 1. The Morgan fingerprint density at radius 2 is 2.04 bits per heavy atom. The van der Waals surface area contributed by atoms with Crippen molar-refractivity contribution in [2.75, 3.05) is 18.0 Å². The van der Waals surface area contributed by atoms with Gasteiger partial charge in [-0.2, -0.15) is 0 Å². The lowest BCUT2D eigenvalue weighted by atomic mass is 9.47. The molecule has 2 saturated carbocycles. The number of rotatable bonds is 4. The summed E-state index contributed by atoms with van der Waals surface area (Å²) in [6, 6.07) is 6.63. The van der Waals surface area contributed by atoms with E-state index in [1.165, 1.54) is 11.3 Å². The molecule has 25 heavy (non-hydrogen) atoms. The van der Waals surface area contributed by atoms with Crippen LogP contribution >= 0.6 is 15.9 Å². The van der Waals surface area contributed by atoms with Crippen LogP contribution in [0.15, 0.2) is 28.7 Å². The van der Waals surface area contributed by atoms with E-state index in [0.29, 0.717) is 11.6 Å². The van der Waals surface area contributed by atoms with Gasteiger partial charge < -0.3 is 4.74 Å². The summed E-state index contributed by atoms with van der Waals surface area (Å²) in [5.41, 5.74) is 0.735. The van der Waals surface area contributed by atoms with Gasteiger partial charge in [-0.15, -0.1) is 0 Å². The van der Waals surface area contributed by atoms with Crippen LogP contribution in [0, 0.1) is 11.3 Å². The van der Waals surface area contributed by atoms with Crippen molar-refractivity contribution >= 4 is 39.5 Å². The van der Waals surface area contributed by atoms with Gasteiger partial charge in [0.1, 0.15) is 19.2 Å². The van der Waals surface area contributed by atoms with Gasteiger partial charge in [0.2, 0.25) is 0 Å². The predicted molar refractivity (Wildman–Crippen MR) is 93.9 cm³/mol. The van der Waals surface area contributed by atoms with Crippen molar-refractivity contribution in [3.63, 3.8) is 0 Å². The van der Waals surface area contributed by atoms with Crippen molar-refractivity contribution in [3.05, 3.63) is 28.7 Å². The smallest absolute Gasteiger partial charge is 0.332 e. The highest BCUT2D eigenvalue weighted by Crippen LogP contribution is 2.61. The van der Waals surface area contributed by atoms with E-state index in [1.54, 1.807) is 24.3 Å². The van der Waals surface area contributed by atoms with Gasteiger partial charge in [-0.1, -0.05) is 22.9 Å². The Bertz CT molecular complexity index is 750.